The van der Waals surface area contributed by atoms with Crippen LogP contribution in [-0.4, -0.2) is 40.2 Å². The number of aliphatic imine (C=N–C) groups is 1. The Hall–Kier alpha value is -3.07. The molecule has 1 aromatic heterocycles. The molecule has 0 radical (unpaired) electrons. The van der Waals surface area contributed by atoms with Crippen molar-refractivity contribution in [2.75, 3.05) is 17.7 Å². The van der Waals surface area contributed by atoms with Gasteiger partial charge in [0.15, 0.2) is 5.11 Å². The smallest absolute Gasteiger partial charge is 0.337 e. The van der Waals surface area contributed by atoms with Crippen molar-refractivity contribution in [1.29, 1.82) is 0 Å². The summed E-state index contributed by atoms with van der Waals surface area (Å²) in [5.74, 6) is 0.608. The minimum atomic E-state index is -0.383. The molecular formula is C22H28N6O2S. The normalized spacial score (nSPS) is 14.6. The van der Waals surface area contributed by atoms with Gasteiger partial charge in [-0.05, 0) is 69.2 Å². The van der Waals surface area contributed by atoms with Gasteiger partial charge in [0.25, 0.3) is 0 Å². The summed E-state index contributed by atoms with van der Waals surface area (Å²) in [5, 5.41) is 9.80. The molecule has 2 aromatic rings. The molecule has 0 bridgehead atoms. The number of hydrogen-bond donors (Lipinski definition) is 3. The summed E-state index contributed by atoms with van der Waals surface area (Å²) in [6.07, 6.45) is 5.71. The van der Waals surface area contributed by atoms with Crippen LogP contribution in [0, 0.1) is 13.8 Å². The minimum Gasteiger partial charge on any atom is -0.465 e. The van der Waals surface area contributed by atoms with Gasteiger partial charge < -0.3 is 15.4 Å². The van der Waals surface area contributed by atoms with Crippen LogP contribution in [0.15, 0.2) is 35.3 Å². The van der Waals surface area contributed by atoms with Crippen LogP contribution in [-0.2, 0) is 4.74 Å². The van der Waals surface area contributed by atoms with Crippen molar-refractivity contribution in [3.05, 3.63) is 47.3 Å². The zero-order valence-corrected chi connectivity index (χ0v) is 18.9. The number of ether oxygens (including phenoxy) is 1. The Morgan fingerprint density at radius 3 is 2.32 bits per heavy atom. The van der Waals surface area contributed by atoms with E-state index in [-0.39, 0.29) is 12.0 Å². The maximum absolute atomic E-state index is 11.6. The number of anilines is 2. The van der Waals surface area contributed by atoms with Gasteiger partial charge in [0.1, 0.15) is 0 Å². The van der Waals surface area contributed by atoms with Gasteiger partial charge in [-0.15, -0.1) is 0 Å². The number of carbonyl (C=O) groups is 1. The Morgan fingerprint density at radius 2 is 1.71 bits per heavy atom. The highest BCUT2D eigenvalue weighted by atomic mass is 32.1. The van der Waals surface area contributed by atoms with E-state index < -0.39 is 0 Å². The van der Waals surface area contributed by atoms with Crippen molar-refractivity contribution < 1.29 is 9.53 Å². The first-order valence-electron chi connectivity index (χ1n) is 10.4. The van der Waals surface area contributed by atoms with E-state index >= 15 is 0 Å². The summed E-state index contributed by atoms with van der Waals surface area (Å²) in [6, 6.07) is 9.03. The van der Waals surface area contributed by atoms with E-state index in [4.69, 9.17) is 21.9 Å². The molecule has 0 unspecified atom stereocenters. The third-order valence-electron chi connectivity index (χ3n) is 4.89. The van der Waals surface area contributed by atoms with Crippen LogP contribution in [0.4, 0.5) is 11.6 Å². The number of carbonyl (C=O) groups excluding carboxylic acids is 1. The highest BCUT2D eigenvalue weighted by Gasteiger charge is 2.15. The highest BCUT2D eigenvalue weighted by Crippen LogP contribution is 2.20. The molecule has 3 N–H and O–H groups in total. The van der Waals surface area contributed by atoms with Crippen LogP contribution in [0.5, 0.6) is 0 Å². The molecule has 9 heteroatoms. The fourth-order valence-corrected chi connectivity index (χ4v) is 3.67. The molecule has 1 aromatic carbocycles. The molecule has 0 atom stereocenters. The average Bonchev–Trinajstić information content (AvgIpc) is 2.73. The predicted molar refractivity (Wildman–Crippen MR) is 127 cm³/mol. The molecule has 1 aliphatic carbocycles. The van der Waals surface area contributed by atoms with Crippen LogP contribution < -0.4 is 16.0 Å². The summed E-state index contributed by atoms with van der Waals surface area (Å²) in [4.78, 5) is 25.3. The van der Waals surface area contributed by atoms with Gasteiger partial charge in [0.2, 0.25) is 11.9 Å². The number of rotatable bonds is 4. The van der Waals surface area contributed by atoms with Crippen LogP contribution in [0.2, 0.25) is 0 Å². The Morgan fingerprint density at radius 1 is 1.06 bits per heavy atom. The molecule has 1 aliphatic rings. The summed E-state index contributed by atoms with van der Waals surface area (Å²) >= 11 is 5.48. The number of thiocarbonyl (C=S) groups is 1. The van der Waals surface area contributed by atoms with E-state index in [2.05, 4.69) is 25.9 Å². The SMILES string of the molecule is COC(=O)c1ccc(NC(=S)NC(=NC2CCCCC2)Nc2nc(C)cc(C)n2)cc1. The predicted octanol–water partition coefficient (Wildman–Crippen LogP) is 3.97. The average molecular weight is 441 g/mol. The van der Waals surface area contributed by atoms with Gasteiger partial charge in [0, 0.05) is 17.1 Å². The van der Waals surface area contributed by atoms with E-state index in [9.17, 15) is 4.79 Å². The maximum Gasteiger partial charge on any atom is 0.337 e. The van der Waals surface area contributed by atoms with Gasteiger partial charge in [-0.2, -0.15) is 0 Å². The molecule has 8 nitrogen and oxygen atoms in total. The van der Waals surface area contributed by atoms with Crippen molar-refractivity contribution in [1.82, 2.24) is 15.3 Å². The molecular weight excluding hydrogens is 412 g/mol. The number of nitrogens with zero attached hydrogens (tertiary/aromatic N) is 3. The molecule has 31 heavy (non-hydrogen) atoms. The van der Waals surface area contributed by atoms with E-state index in [1.807, 2.05) is 19.9 Å². The van der Waals surface area contributed by atoms with Gasteiger partial charge in [0.05, 0.1) is 18.7 Å². The molecule has 164 valence electrons. The van der Waals surface area contributed by atoms with Gasteiger partial charge in [-0.25, -0.2) is 19.8 Å². The quantitative estimate of drug-likeness (QED) is 0.284. The van der Waals surface area contributed by atoms with Crippen molar-refractivity contribution in [2.45, 2.75) is 52.0 Å². The molecule has 0 aliphatic heterocycles. The largest absolute Gasteiger partial charge is 0.465 e. The van der Waals surface area contributed by atoms with Crippen LogP contribution in [0.1, 0.15) is 53.8 Å². The number of nitrogens with one attached hydrogen (secondary N) is 3. The minimum absolute atomic E-state index is 0.233. The van der Waals surface area contributed by atoms with E-state index in [1.165, 1.54) is 26.4 Å². The molecule has 1 saturated carbocycles. The second-order valence-corrected chi connectivity index (χ2v) is 7.93. The maximum atomic E-state index is 11.6. The van der Waals surface area contributed by atoms with Crippen LogP contribution >= 0.6 is 12.2 Å². The van der Waals surface area contributed by atoms with E-state index in [1.54, 1.807) is 24.3 Å². The number of benzene rings is 1. The molecule has 1 heterocycles. The third-order valence-corrected chi connectivity index (χ3v) is 5.10. The Balaban J connectivity index is 1.71. The van der Waals surface area contributed by atoms with Crippen molar-refractivity contribution in [3.8, 4) is 0 Å². The molecule has 0 spiro atoms. The first-order chi connectivity index (χ1) is 14.9. The molecule has 0 saturated heterocycles. The lowest BCUT2D eigenvalue weighted by molar-refractivity contribution is 0.0601. The molecule has 1 fully saturated rings. The van der Waals surface area contributed by atoms with Crippen molar-refractivity contribution in [3.63, 3.8) is 0 Å². The lowest BCUT2D eigenvalue weighted by atomic mass is 9.96. The topological polar surface area (TPSA) is 101 Å². The lowest BCUT2D eigenvalue weighted by Crippen LogP contribution is -2.40. The number of hydrogen-bond acceptors (Lipinski definition) is 6. The van der Waals surface area contributed by atoms with Crippen molar-refractivity contribution in [2.24, 2.45) is 4.99 Å². The lowest BCUT2D eigenvalue weighted by Gasteiger charge is -2.20. The standard InChI is InChI=1S/C22H28N6O2S/c1-14-13-15(2)24-20(23-14)27-21(25-17-7-5-4-6-8-17)28-22(31)26-18-11-9-16(10-12-18)19(29)30-3/h9-13,17H,4-8H2,1-3H3,(H3,23,24,25,26,27,28,31). The van der Waals surface area contributed by atoms with Crippen LogP contribution in [0.25, 0.3) is 0 Å². The number of aryl methyl sites for hydroxylation is 2. The summed E-state index contributed by atoms with van der Waals surface area (Å²) in [6.45, 7) is 3.85. The van der Waals surface area contributed by atoms with Crippen molar-refractivity contribution >= 4 is 40.9 Å². The van der Waals surface area contributed by atoms with Gasteiger partial charge in [-0.3, -0.25) is 5.32 Å². The zero-order valence-electron chi connectivity index (χ0n) is 18.1. The highest BCUT2D eigenvalue weighted by molar-refractivity contribution is 7.80. The molecule has 0 amide bonds. The first-order valence-corrected chi connectivity index (χ1v) is 10.8. The van der Waals surface area contributed by atoms with E-state index in [0.29, 0.717) is 22.6 Å². The van der Waals surface area contributed by atoms with Gasteiger partial charge >= 0.3 is 5.97 Å². The Bertz CT molecular complexity index is 935. The second kappa shape index (κ2) is 10.8. The molecule has 3 rings (SSSR count). The zero-order chi connectivity index (χ0) is 22.2. The van der Waals surface area contributed by atoms with E-state index in [0.717, 1.165) is 29.9 Å². The Kier molecular flexibility index (Phi) is 7.88. The Labute approximate surface area is 187 Å². The summed E-state index contributed by atoms with van der Waals surface area (Å²) in [5.41, 5.74) is 2.96. The number of methoxy groups -OCH3 is 1. The summed E-state index contributed by atoms with van der Waals surface area (Å²) < 4.78 is 4.72. The fraction of sp³-hybridized carbons (Fsp3) is 0.409. The fourth-order valence-electron chi connectivity index (χ4n) is 3.45. The number of aromatic nitrogens is 2. The third kappa shape index (κ3) is 6.99. The summed E-state index contributed by atoms with van der Waals surface area (Å²) in [7, 11) is 1.35. The second-order valence-electron chi connectivity index (χ2n) is 7.52. The number of guanidine groups is 1. The first kappa shape index (κ1) is 22.6. The van der Waals surface area contributed by atoms with Gasteiger partial charge in [-0.1, -0.05) is 19.3 Å². The monoisotopic (exact) mass is 440 g/mol. The number of esters is 1. The van der Waals surface area contributed by atoms with Crippen LogP contribution in [0.3, 0.4) is 0 Å².